The van der Waals surface area contributed by atoms with Crippen LogP contribution in [0.25, 0.3) is 100 Å². The number of nitrogens with two attached hydrogens (primary N) is 2. The number of pyridine rings is 7. The van der Waals surface area contributed by atoms with Crippen LogP contribution in [0.5, 0.6) is 0 Å². The molecule has 9 heterocycles. The minimum absolute atomic E-state index is 0. The predicted octanol–water partition coefficient (Wildman–Crippen LogP) is 15.0. The summed E-state index contributed by atoms with van der Waals surface area (Å²) in [6.07, 6.45) is 12.2. The molecule has 0 atom stereocenters. The van der Waals surface area contributed by atoms with Gasteiger partial charge in [0.1, 0.15) is 23.2 Å². The van der Waals surface area contributed by atoms with Crippen molar-refractivity contribution in [1.82, 2.24) is 54.8 Å². The molecule has 0 aliphatic heterocycles. The smallest absolute Gasteiger partial charge is 0.157 e. The number of imidazole rings is 2. The molecule has 0 bridgehead atoms. The predicted molar refractivity (Wildman–Crippen MR) is 332 cm³/mol. The summed E-state index contributed by atoms with van der Waals surface area (Å²) in [6.45, 7) is 0. The summed E-state index contributed by atoms with van der Waals surface area (Å²) in [6, 6.07) is 78.8. The van der Waals surface area contributed by atoms with E-state index in [9.17, 15) is 0 Å². The fourth-order valence-electron chi connectivity index (χ4n) is 8.40. The first-order valence-corrected chi connectivity index (χ1v) is 26.0. The second-order valence-corrected chi connectivity index (χ2v) is 18.0. The van der Waals surface area contributed by atoms with Crippen LogP contribution >= 0.6 is 0 Å². The first-order valence-electron chi connectivity index (χ1n) is 26.0. The second kappa shape index (κ2) is 28.6. The molecular formula is C68H54N14Ru. The third-order valence-electron chi connectivity index (χ3n) is 12.4. The summed E-state index contributed by atoms with van der Waals surface area (Å²) in [4.78, 5) is 45.0. The van der Waals surface area contributed by atoms with Crippen LogP contribution in [0.1, 0.15) is 7.12 Å². The summed E-state index contributed by atoms with van der Waals surface area (Å²) >= 11 is 0. The number of nitrogens with one attached hydrogen (secondary N) is 2. The Morgan fingerprint density at radius 3 is 0.843 bits per heavy atom. The number of anilines is 2. The van der Waals surface area contributed by atoms with Gasteiger partial charge < -0.3 is 21.4 Å². The first kappa shape index (κ1) is 56.5. The molecule has 0 radical (unpaired) electrons. The number of nitrogens with zero attached hydrogens (tertiary/aromatic N) is 10. The van der Waals surface area contributed by atoms with Gasteiger partial charge in [0.15, 0.2) is 11.6 Å². The van der Waals surface area contributed by atoms with Crippen LogP contribution in [-0.4, -0.2) is 54.8 Å². The average molecular weight is 1170 g/mol. The molecule has 0 amide bonds. The van der Waals surface area contributed by atoms with Gasteiger partial charge in [-0.1, -0.05) is 115 Å². The SMILES string of the molecule is N#Cc1ccccn1.Nc1cc2ccccc2cc1N.[2HH].[Ru].c1ccc(-c2ccccn2)nc1.c1ccc(-c2ccccn2)nc1.c1ccc(-c2nc3cc4ccccc4cc3[nH]2)nc1.c1ccc(-c2nc3cc4ccccc4cc3[nH]2)nc1. The Morgan fingerprint density at radius 1 is 0.313 bits per heavy atom. The third-order valence-corrected chi connectivity index (χ3v) is 12.4. The number of H-pyrrole nitrogens is 2. The molecule has 0 aliphatic rings. The Balaban J connectivity index is 0.000000134. The van der Waals surface area contributed by atoms with Crippen molar-refractivity contribution in [2.24, 2.45) is 0 Å². The molecule has 6 aromatic carbocycles. The van der Waals surface area contributed by atoms with Crippen molar-refractivity contribution in [3.63, 3.8) is 0 Å². The van der Waals surface area contributed by atoms with E-state index >= 15 is 0 Å². The van der Waals surface area contributed by atoms with Crippen molar-refractivity contribution in [3.05, 3.63) is 286 Å². The van der Waals surface area contributed by atoms with Crippen molar-refractivity contribution < 1.29 is 20.9 Å². The van der Waals surface area contributed by atoms with Crippen LogP contribution in [0.3, 0.4) is 0 Å². The third kappa shape index (κ3) is 15.3. The summed E-state index contributed by atoms with van der Waals surface area (Å²) < 4.78 is 0. The number of rotatable bonds is 4. The molecule has 404 valence electrons. The number of benzene rings is 6. The van der Waals surface area contributed by atoms with E-state index in [1.54, 1.807) is 61.6 Å². The molecule has 15 aromatic rings. The van der Waals surface area contributed by atoms with Crippen LogP contribution in [0, 0.1) is 11.3 Å². The minimum Gasteiger partial charge on any atom is -0.397 e. The maximum Gasteiger partial charge on any atom is 0.157 e. The first-order chi connectivity index (χ1) is 40.4. The van der Waals surface area contributed by atoms with Gasteiger partial charge in [-0.05, 0) is 154 Å². The van der Waals surface area contributed by atoms with Crippen molar-refractivity contribution in [2.75, 3.05) is 11.5 Å². The minimum atomic E-state index is 0. The van der Waals surface area contributed by atoms with Crippen LogP contribution in [0.4, 0.5) is 11.4 Å². The molecule has 0 saturated heterocycles. The number of fused-ring (bicyclic) bond motifs is 5. The summed E-state index contributed by atoms with van der Waals surface area (Å²) in [5, 5.41) is 15.3. The van der Waals surface area contributed by atoms with Gasteiger partial charge in [0.2, 0.25) is 0 Å². The second-order valence-electron chi connectivity index (χ2n) is 18.0. The number of hydrogen-bond acceptors (Lipinski definition) is 12. The van der Waals surface area contributed by atoms with E-state index in [0.717, 1.165) is 78.7 Å². The molecule has 0 aliphatic carbocycles. The van der Waals surface area contributed by atoms with Crippen molar-refractivity contribution in [2.45, 2.75) is 0 Å². The van der Waals surface area contributed by atoms with E-state index in [0.29, 0.717) is 17.1 Å². The molecule has 0 fully saturated rings. The van der Waals surface area contributed by atoms with Gasteiger partial charge in [-0.2, -0.15) is 5.26 Å². The Labute approximate surface area is 493 Å². The number of nitriles is 1. The molecule has 83 heavy (non-hydrogen) atoms. The van der Waals surface area contributed by atoms with E-state index in [1.165, 1.54) is 21.5 Å². The zero-order valence-electron chi connectivity index (χ0n) is 44.5. The fourth-order valence-corrected chi connectivity index (χ4v) is 8.40. The number of aromatic nitrogens is 11. The van der Waals surface area contributed by atoms with Gasteiger partial charge in [-0.25, -0.2) is 15.0 Å². The quantitative estimate of drug-likeness (QED) is 0.0954. The van der Waals surface area contributed by atoms with Gasteiger partial charge in [0.05, 0.1) is 56.2 Å². The average Bonchev–Trinajstić information content (AvgIpc) is 4.37. The van der Waals surface area contributed by atoms with E-state index in [2.05, 4.69) is 103 Å². The Morgan fingerprint density at radius 2 is 0.578 bits per heavy atom. The zero-order chi connectivity index (χ0) is 56.1. The van der Waals surface area contributed by atoms with Crippen LogP contribution in [-0.2, 0) is 19.5 Å². The van der Waals surface area contributed by atoms with Crippen molar-refractivity contribution in [3.8, 4) is 51.9 Å². The maximum atomic E-state index is 8.23. The standard InChI is InChI=1S/2C16H11N3.2C10H8N2.C10H10N2.C6H4N2.Ru.H2/c2*1-2-6-12-10-15-14(9-11(12)5-1)18-16(19-15)13-7-3-4-8-17-13;2*1-3-7-11-9(5-1)10-6-2-4-8-12-10;11-9-5-7-3-1-2-4-8(7)6-10(9)12;7-5-6-3-1-2-4-8-6;;/h2*1-10H,(H,18,19);2*1-8H;1-6H,11-12H2;1-4H;;1H/i;;;;;;;1+1. The maximum absolute atomic E-state index is 8.23. The number of aromatic amines is 2. The summed E-state index contributed by atoms with van der Waals surface area (Å²) in [5.41, 5.74) is 22.5. The van der Waals surface area contributed by atoms with Gasteiger partial charge in [0.25, 0.3) is 0 Å². The Hall–Kier alpha value is -11.2. The molecular weight excluding hydrogens is 1110 g/mol. The molecule has 14 nitrogen and oxygen atoms in total. The molecule has 0 spiro atoms. The van der Waals surface area contributed by atoms with Crippen LogP contribution in [0.2, 0.25) is 0 Å². The van der Waals surface area contributed by atoms with E-state index in [-0.39, 0.29) is 20.9 Å². The van der Waals surface area contributed by atoms with Crippen LogP contribution in [0.15, 0.2) is 280 Å². The molecule has 9 aromatic heterocycles. The van der Waals surface area contributed by atoms with Crippen LogP contribution < -0.4 is 11.5 Å². The van der Waals surface area contributed by atoms with Gasteiger partial charge in [-0.15, -0.1) is 0 Å². The van der Waals surface area contributed by atoms with E-state index in [4.69, 9.17) is 16.7 Å². The van der Waals surface area contributed by atoms with Gasteiger partial charge in [0, 0.05) is 64.3 Å². The molecule has 15 rings (SSSR count). The number of nitrogen functional groups attached to an aromatic ring is 2. The number of hydrogen-bond donors (Lipinski definition) is 4. The van der Waals surface area contributed by atoms with E-state index in [1.807, 2.05) is 176 Å². The Bertz CT molecular complexity index is 4040. The van der Waals surface area contributed by atoms with Gasteiger partial charge in [-0.3, -0.25) is 29.9 Å². The Kier molecular flexibility index (Phi) is 19.5. The molecule has 15 heteroatoms. The van der Waals surface area contributed by atoms with E-state index < -0.39 is 0 Å². The monoisotopic (exact) mass is 1170 g/mol. The largest absolute Gasteiger partial charge is 0.397 e. The summed E-state index contributed by atoms with van der Waals surface area (Å²) in [5.74, 6) is 1.62. The fraction of sp³-hybridized carbons (Fsp3) is 0. The topological polar surface area (TPSA) is 223 Å². The molecule has 0 saturated carbocycles. The summed E-state index contributed by atoms with van der Waals surface area (Å²) in [7, 11) is 0. The van der Waals surface area contributed by atoms with Crippen molar-refractivity contribution in [1.29, 1.82) is 5.26 Å². The molecule has 6 N–H and O–H groups in total. The van der Waals surface area contributed by atoms with Crippen molar-refractivity contribution >= 4 is 65.8 Å². The molecule has 0 unspecified atom stereocenters. The van der Waals surface area contributed by atoms with Gasteiger partial charge >= 0.3 is 0 Å². The normalized spacial score (nSPS) is 10.2. The zero-order valence-corrected chi connectivity index (χ0v) is 46.3.